The molecule has 2 aromatic carbocycles. The van der Waals surface area contributed by atoms with Gasteiger partial charge in [0.15, 0.2) is 0 Å². The van der Waals surface area contributed by atoms with Gasteiger partial charge in [0.2, 0.25) is 0 Å². The Morgan fingerprint density at radius 1 is 0.870 bits per heavy atom. The molecule has 0 amide bonds. The molecule has 0 spiro atoms. The second-order valence-corrected chi connectivity index (χ2v) is 7.55. The molecule has 0 aliphatic heterocycles. The molecule has 2 aromatic rings. The molecule has 0 radical (unpaired) electrons. The average molecular weight is 311 g/mol. The number of rotatable bonds is 4. The van der Waals surface area contributed by atoms with Crippen molar-refractivity contribution in [3.05, 3.63) is 71.3 Å². The second-order valence-electron chi connectivity index (χ2n) is 7.55. The van der Waals surface area contributed by atoms with E-state index in [0.717, 1.165) is 11.1 Å². The topological polar surface area (TPSA) is 23.5 Å². The molecular formula is C21H29NO. The van der Waals surface area contributed by atoms with Crippen LogP contribution >= 0.6 is 0 Å². The Labute approximate surface area is 140 Å². The molecule has 0 heterocycles. The van der Waals surface area contributed by atoms with E-state index in [2.05, 4.69) is 58.8 Å². The van der Waals surface area contributed by atoms with Crippen molar-refractivity contribution in [3.8, 4) is 0 Å². The first-order chi connectivity index (χ1) is 10.7. The molecule has 0 bridgehead atoms. The summed E-state index contributed by atoms with van der Waals surface area (Å²) in [5.41, 5.74) is 1.70. The fourth-order valence-electron chi connectivity index (χ4n) is 3.14. The van der Waals surface area contributed by atoms with Crippen LogP contribution in [0.2, 0.25) is 0 Å². The third-order valence-corrected chi connectivity index (χ3v) is 4.85. The first-order valence-corrected chi connectivity index (χ1v) is 8.23. The van der Waals surface area contributed by atoms with Gasteiger partial charge in [-0.05, 0) is 43.1 Å². The molecule has 124 valence electrons. The van der Waals surface area contributed by atoms with E-state index in [9.17, 15) is 5.11 Å². The molecule has 23 heavy (non-hydrogen) atoms. The van der Waals surface area contributed by atoms with Crippen LogP contribution in [-0.2, 0) is 5.60 Å². The Hall–Kier alpha value is -1.64. The van der Waals surface area contributed by atoms with Crippen LogP contribution in [0.15, 0.2) is 54.6 Å². The van der Waals surface area contributed by atoms with Crippen molar-refractivity contribution in [1.82, 2.24) is 4.90 Å². The summed E-state index contributed by atoms with van der Waals surface area (Å²) in [7, 11) is 4.14. The molecule has 2 heteroatoms. The molecular weight excluding hydrogens is 282 g/mol. The van der Waals surface area contributed by atoms with Crippen molar-refractivity contribution in [2.75, 3.05) is 14.1 Å². The lowest BCUT2D eigenvalue weighted by molar-refractivity contribution is -0.0273. The van der Waals surface area contributed by atoms with Crippen LogP contribution in [0.1, 0.15) is 50.4 Å². The van der Waals surface area contributed by atoms with E-state index in [0.29, 0.717) is 0 Å². The first kappa shape index (κ1) is 17.7. The van der Waals surface area contributed by atoms with Crippen molar-refractivity contribution in [1.29, 1.82) is 0 Å². The minimum absolute atomic E-state index is 0.226. The Balaban J connectivity index is 2.73. The van der Waals surface area contributed by atoms with Crippen molar-refractivity contribution in [2.24, 2.45) is 5.41 Å². The van der Waals surface area contributed by atoms with Crippen molar-refractivity contribution < 1.29 is 5.11 Å². The zero-order chi connectivity index (χ0) is 17.3. The molecule has 0 fully saturated rings. The monoisotopic (exact) mass is 311 g/mol. The fourth-order valence-corrected chi connectivity index (χ4v) is 3.14. The van der Waals surface area contributed by atoms with Gasteiger partial charge in [0, 0.05) is 6.04 Å². The number of hydrogen-bond donors (Lipinski definition) is 1. The van der Waals surface area contributed by atoms with E-state index < -0.39 is 5.60 Å². The fraction of sp³-hybridized carbons (Fsp3) is 0.429. The molecule has 0 unspecified atom stereocenters. The Morgan fingerprint density at radius 3 is 1.91 bits per heavy atom. The van der Waals surface area contributed by atoms with Gasteiger partial charge >= 0.3 is 0 Å². The molecule has 2 nitrogen and oxygen atoms in total. The Kier molecular flexibility index (Phi) is 4.98. The predicted molar refractivity (Wildman–Crippen MR) is 97.4 cm³/mol. The standard InChI is InChI=1S/C21H29NO/c1-16(22(5)6)18-14-10-11-15-19(18)21(23,20(2,3)4)17-12-8-7-9-13-17/h7-16,23H,1-6H3/t16-,21+/m0/s1. The van der Waals surface area contributed by atoms with E-state index in [4.69, 9.17) is 0 Å². The summed E-state index contributed by atoms with van der Waals surface area (Å²) in [5.74, 6) is 0. The van der Waals surface area contributed by atoms with Crippen molar-refractivity contribution in [3.63, 3.8) is 0 Å². The van der Waals surface area contributed by atoms with Crippen LogP contribution in [-0.4, -0.2) is 24.1 Å². The highest BCUT2D eigenvalue weighted by Gasteiger charge is 2.44. The quantitative estimate of drug-likeness (QED) is 0.892. The van der Waals surface area contributed by atoms with Gasteiger partial charge < -0.3 is 10.0 Å². The lowest BCUT2D eigenvalue weighted by Crippen LogP contribution is -2.42. The van der Waals surface area contributed by atoms with Crippen LogP contribution in [0.5, 0.6) is 0 Å². The van der Waals surface area contributed by atoms with Crippen LogP contribution in [0.4, 0.5) is 0 Å². The van der Waals surface area contributed by atoms with Gasteiger partial charge in [-0.2, -0.15) is 0 Å². The van der Waals surface area contributed by atoms with Gasteiger partial charge in [-0.25, -0.2) is 0 Å². The summed E-state index contributed by atoms with van der Waals surface area (Å²) in [6, 6.07) is 18.5. The van der Waals surface area contributed by atoms with E-state index in [1.807, 2.05) is 42.5 Å². The molecule has 0 aliphatic rings. The molecule has 0 saturated carbocycles. The Morgan fingerprint density at radius 2 is 1.39 bits per heavy atom. The molecule has 2 atom stereocenters. The van der Waals surface area contributed by atoms with Gasteiger partial charge in [-0.1, -0.05) is 75.4 Å². The van der Waals surface area contributed by atoms with Crippen LogP contribution in [0.25, 0.3) is 0 Å². The summed E-state index contributed by atoms with van der Waals surface area (Å²) in [6.07, 6.45) is 0. The third kappa shape index (κ3) is 3.19. The van der Waals surface area contributed by atoms with Crippen LogP contribution in [0.3, 0.4) is 0 Å². The molecule has 0 aromatic heterocycles. The van der Waals surface area contributed by atoms with Gasteiger partial charge in [0.25, 0.3) is 0 Å². The van der Waals surface area contributed by atoms with Crippen LogP contribution < -0.4 is 0 Å². The summed E-state index contributed by atoms with van der Waals surface area (Å²) in [5, 5.41) is 11.9. The highest BCUT2D eigenvalue weighted by atomic mass is 16.3. The maximum atomic E-state index is 11.9. The van der Waals surface area contributed by atoms with Gasteiger partial charge in [0.05, 0.1) is 0 Å². The minimum Gasteiger partial charge on any atom is -0.380 e. The minimum atomic E-state index is -1.05. The summed E-state index contributed by atoms with van der Waals surface area (Å²) >= 11 is 0. The lowest BCUT2D eigenvalue weighted by atomic mass is 9.66. The normalized spacial score (nSPS) is 16.2. The van der Waals surface area contributed by atoms with E-state index >= 15 is 0 Å². The molecule has 0 aliphatic carbocycles. The molecule has 2 rings (SSSR count). The number of hydrogen-bond acceptors (Lipinski definition) is 2. The third-order valence-electron chi connectivity index (χ3n) is 4.85. The van der Waals surface area contributed by atoms with Gasteiger partial charge in [0.1, 0.15) is 5.60 Å². The number of benzene rings is 2. The molecule has 1 N–H and O–H groups in total. The zero-order valence-electron chi connectivity index (χ0n) is 15.2. The van der Waals surface area contributed by atoms with E-state index in [1.165, 1.54) is 5.56 Å². The average Bonchev–Trinajstić information content (AvgIpc) is 2.53. The second kappa shape index (κ2) is 6.46. The zero-order valence-corrected chi connectivity index (χ0v) is 15.2. The Bertz CT molecular complexity index is 642. The van der Waals surface area contributed by atoms with E-state index in [1.54, 1.807) is 0 Å². The van der Waals surface area contributed by atoms with Gasteiger partial charge in [-0.15, -0.1) is 0 Å². The summed E-state index contributed by atoms with van der Waals surface area (Å²) in [4.78, 5) is 2.17. The first-order valence-electron chi connectivity index (χ1n) is 8.23. The largest absolute Gasteiger partial charge is 0.380 e. The highest BCUT2D eigenvalue weighted by molar-refractivity contribution is 5.44. The smallest absolute Gasteiger partial charge is 0.120 e. The SMILES string of the molecule is C[C@@H](c1ccccc1[C@](O)(c1ccccc1)C(C)(C)C)N(C)C. The highest BCUT2D eigenvalue weighted by Crippen LogP contribution is 2.47. The van der Waals surface area contributed by atoms with Gasteiger partial charge in [-0.3, -0.25) is 0 Å². The number of aliphatic hydroxyl groups is 1. The summed E-state index contributed by atoms with van der Waals surface area (Å²) in [6.45, 7) is 8.46. The van der Waals surface area contributed by atoms with E-state index in [-0.39, 0.29) is 11.5 Å². The van der Waals surface area contributed by atoms with Crippen molar-refractivity contribution in [2.45, 2.75) is 39.3 Å². The molecule has 0 saturated heterocycles. The lowest BCUT2D eigenvalue weighted by Gasteiger charge is -2.43. The number of nitrogens with zero attached hydrogens (tertiary/aromatic N) is 1. The van der Waals surface area contributed by atoms with Crippen LogP contribution in [0, 0.1) is 5.41 Å². The maximum absolute atomic E-state index is 11.9. The predicted octanol–water partition coefficient (Wildman–Crippen LogP) is 4.59. The summed E-state index contributed by atoms with van der Waals surface area (Å²) < 4.78 is 0. The van der Waals surface area contributed by atoms with Crippen molar-refractivity contribution >= 4 is 0 Å². The maximum Gasteiger partial charge on any atom is 0.120 e.